The Morgan fingerprint density at radius 2 is 2.46 bits per heavy atom. The lowest BCUT2D eigenvalue weighted by atomic mass is 10.1. The van der Waals surface area contributed by atoms with Crippen LogP contribution in [0.5, 0.6) is 0 Å². The summed E-state index contributed by atoms with van der Waals surface area (Å²) in [5, 5.41) is 3.97. The number of nitrogens with one attached hydrogen (secondary N) is 1. The predicted octanol–water partition coefficient (Wildman–Crippen LogP) is 1.96. The molecule has 0 amide bonds. The predicted molar refractivity (Wildman–Crippen MR) is 57.9 cm³/mol. The first-order valence-corrected chi connectivity index (χ1v) is 5.64. The van der Waals surface area contributed by atoms with E-state index in [4.69, 9.17) is 0 Å². The average Bonchev–Trinajstić information content (AvgIpc) is 2.04. The van der Waals surface area contributed by atoms with Crippen LogP contribution in [-0.4, -0.2) is 23.5 Å². The van der Waals surface area contributed by atoms with Crippen LogP contribution < -0.4 is 5.32 Å². The van der Waals surface area contributed by atoms with Gasteiger partial charge in [-0.15, -0.1) is 0 Å². The van der Waals surface area contributed by atoms with Crippen LogP contribution in [0.4, 0.5) is 0 Å². The van der Waals surface area contributed by atoms with Gasteiger partial charge in [-0.1, -0.05) is 37.3 Å². The second-order valence-corrected chi connectivity index (χ2v) is 5.18. The van der Waals surface area contributed by atoms with Gasteiger partial charge in [0.05, 0.1) is 0 Å². The summed E-state index contributed by atoms with van der Waals surface area (Å²) in [4.78, 5) is 11.4. The highest BCUT2D eigenvalue weighted by Gasteiger charge is 2.10. The summed E-state index contributed by atoms with van der Waals surface area (Å²) in [5.41, 5.74) is 1.25. The molecular weight excluding hydrogens is 182 g/mol. The van der Waals surface area contributed by atoms with Gasteiger partial charge in [-0.05, 0) is 13.0 Å². The van der Waals surface area contributed by atoms with Crippen molar-refractivity contribution in [1.82, 2.24) is 5.32 Å². The zero-order valence-corrected chi connectivity index (χ0v) is 9.12. The Labute approximate surface area is 84.2 Å². The van der Waals surface area contributed by atoms with E-state index in [9.17, 15) is 4.79 Å². The fourth-order valence-electron chi connectivity index (χ4n) is 1.32. The normalized spacial score (nSPS) is 17.3. The third-order valence-corrected chi connectivity index (χ3v) is 2.72. The van der Waals surface area contributed by atoms with Crippen LogP contribution in [0, 0.1) is 0 Å². The second kappa shape index (κ2) is 5.45. The van der Waals surface area contributed by atoms with Crippen molar-refractivity contribution in [3.63, 3.8) is 0 Å². The molecule has 0 unspecified atom stereocenters. The third-order valence-electron chi connectivity index (χ3n) is 1.84. The van der Waals surface area contributed by atoms with Crippen molar-refractivity contribution in [3.05, 3.63) is 11.6 Å². The number of rotatable bonds is 3. The summed E-state index contributed by atoms with van der Waals surface area (Å²) < 4.78 is 0. The van der Waals surface area contributed by atoms with Crippen molar-refractivity contribution in [3.8, 4) is 0 Å². The molecule has 0 aliphatic carbocycles. The summed E-state index contributed by atoms with van der Waals surface area (Å²) in [7, 11) is 0. The van der Waals surface area contributed by atoms with E-state index >= 15 is 0 Å². The zero-order valence-electron chi connectivity index (χ0n) is 8.30. The molecule has 1 aliphatic rings. The molecule has 0 fully saturated rings. The van der Waals surface area contributed by atoms with Crippen LogP contribution in [0.2, 0.25) is 0 Å². The highest BCUT2D eigenvalue weighted by molar-refractivity contribution is 8.14. The van der Waals surface area contributed by atoms with Gasteiger partial charge < -0.3 is 5.32 Å². The Morgan fingerprint density at radius 3 is 3.00 bits per heavy atom. The summed E-state index contributed by atoms with van der Waals surface area (Å²) in [6.45, 7) is 6.05. The molecule has 0 saturated carbocycles. The Balaban J connectivity index is 2.30. The quantitative estimate of drug-likeness (QED) is 0.705. The Bertz CT molecular complexity index is 211. The molecule has 0 radical (unpaired) electrons. The number of hydrogen-bond acceptors (Lipinski definition) is 3. The molecule has 2 nitrogen and oxygen atoms in total. The highest BCUT2D eigenvalue weighted by Crippen LogP contribution is 2.17. The van der Waals surface area contributed by atoms with E-state index in [2.05, 4.69) is 25.2 Å². The summed E-state index contributed by atoms with van der Waals surface area (Å²) >= 11 is 1.44. The van der Waals surface area contributed by atoms with Crippen LogP contribution in [0.3, 0.4) is 0 Å². The van der Waals surface area contributed by atoms with Gasteiger partial charge in [0.2, 0.25) is 0 Å². The molecule has 1 rings (SSSR count). The fraction of sp³-hybridized carbons (Fsp3) is 0.700. The van der Waals surface area contributed by atoms with Gasteiger partial charge in [0.1, 0.15) is 0 Å². The molecule has 74 valence electrons. The first-order valence-electron chi connectivity index (χ1n) is 4.76. The molecule has 0 atom stereocenters. The lowest BCUT2D eigenvalue weighted by Gasteiger charge is -2.13. The molecule has 0 aromatic carbocycles. The van der Waals surface area contributed by atoms with E-state index in [0.717, 1.165) is 19.5 Å². The van der Waals surface area contributed by atoms with Gasteiger partial charge in [-0.3, -0.25) is 4.79 Å². The van der Waals surface area contributed by atoms with E-state index < -0.39 is 0 Å². The Hall–Kier alpha value is -0.280. The maximum Gasteiger partial charge on any atom is 0.193 e. The topological polar surface area (TPSA) is 29.1 Å². The summed E-state index contributed by atoms with van der Waals surface area (Å²) in [6.07, 6.45) is 3.88. The van der Waals surface area contributed by atoms with Gasteiger partial charge in [0.15, 0.2) is 5.12 Å². The van der Waals surface area contributed by atoms with Crippen LogP contribution in [0.1, 0.15) is 26.7 Å². The van der Waals surface area contributed by atoms with Crippen LogP contribution in [0.15, 0.2) is 11.6 Å². The van der Waals surface area contributed by atoms with Crippen molar-refractivity contribution in [2.45, 2.75) is 31.9 Å². The highest BCUT2D eigenvalue weighted by atomic mass is 32.2. The molecule has 0 saturated heterocycles. The van der Waals surface area contributed by atoms with Gasteiger partial charge >= 0.3 is 0 Å². The van der Waals surface area contributed by atoms with Gasteiger partial charge in [-0.25, -0.2) is 0 Å². The van der Waals surface area contributed by atoms with Crippen molar-refractivity contribution in [1.29, 1.82) is 0 Å². The number of carbonyl (C=O) groups excluding carboxylic acids is 1. The van der Waals surface area contributed by atoms with Crippen molar-refractivity contribution < 1.29 is 4.79 Å². The standard InChI is InChI=1S/C10H17NOS/c1-8(2)13-10(12)6-9-4-3-5-11-7-9/h4,8,11H,3,5-7H2,1-2H3. The third kappa shape index (κ3) is 4.48. The van der Waals surface area contributed by atoms with Crippen molar-refractivity contribution >= 4 is 16.9 Å². The van der Waals surface area contributed by atoms with Crippen LogP contribution in [0.25, 0.3) is 0 Å². The SMILES string of the molecule is CC(C)SC(=O)CC1=CCCNC1. The maximum atomic E-state index is 11.4. The van der Waals surface area contributed by atoms with Crippen LogP contribution in [-0.2, 0) is 4.79 Å². The molecule has 1 heterocycles. The van der Waals surface area contributed by atoms with Gasteiger partial charge in [0, 0.05) is 18.2 Å². The monoisotopic (exact) mass is 199 g/mol. The van der Waals surface area contributed by atoms with Crippen LogP contribution >= 0.6 is 11.8 Å². The molecule has 1 aliphatic heterocycles. The number of carbonyl (C=O) groups is 1. The molecule has 1 N–H and O–H groups in total. The second-order valence-electron chi connectivity index (χ2n) is 3.54. The minimum absolute atomic E-state index is 0.296. The molecule has 0 spiro atoms. The maximum absolute atomic E-state index is 11.4. The molecule has 0 bridgehead atoms. The Kier molecular flexibility index (Phi) is 4.53. The average molecular weight is 199 g/mol. The molecule has 0 aromatic rings. The minimum Gasteiger partial charge on any atom is -0.313 e. The zero-order chi connectivity index (χ0) is 9.68. The first kappa shape index (κ1) is 10.8. The summed E-state index contributed by atoms with van der Waals surface area (Å²) in [5.74, 6) is 0. The number of thioether (sulfide) groups is 1. The molecule has 13 heavy (non-hydrogen) atoms. The minimum atomic E-state index is 0.296. The first-order chi connectivity index (χ1) is 6.18. The largest absolute Gasteiger partial charge is 0.313 e. The Morgan fingerprint density at radius 1 is 1.69 bits per heavy atom. The lowest BCUT2D eigenvalue weighted by Crippen LogP contribution is -2.23. The van der Waals surface area contributed by atoms with E-state index in [1.807, 2.05) is 0 Å². The van der Waals surface area contributed by atoms with Crippen molar-refractivity contribution in [2.24, 2.45) is 0 Å². The lowest BCUT2D eigenvalue weighted by molar-refractivity contribution is -0.110. The smallest absolute Gasteiger partial charge is 0.193 e. The van der Waals surface area contributed by atoms with E-state index in [0.29, 0.717) is 16.8 Å². The van der Waals surface area contributed by atoms with Gasteiger partial charge in [-0.2, -0.15) is 0 Å². The molecule has 0 aromatic heterocycles. The van der Waals surface area contributed by atoms with E-state index in [1.54, 1.807) is 0 Å². The number of hydrogen-bond donors (Lipinski definition) is 1. The fourth-order valence-corrected chi connectivity index (χ4v) is 2.12. The summed E-state index contributed by atoms with van der Waals surface area (Å²) in [6, 6.07) is 0. The van der Waals surface area contributed by atoms with Gasteiger partial charge in [0.25, 0.3) is 0 Å². The molecular formula is C10H17NOS. The van der Waals surface area contributed by atoms with E-state index in [1.165, 1.54) is 17.3 Å². The molecule has 3 heteroatoms. The van der Waals surface area contributed by atoms with Crippen molar-refractivity contribution in [2.75, 3.05) is 13.1 Å². The van der Waals surface area contributed by atoms with E-state index in [-0.39, 0.29) is 0 Å².